The molecule has 0 aliphatic rings. The van der Waals surface area contributed by atoms with Gasteiger partial charge >= 0.3 is 5.97 Å². The first kappa shape index (κ1) is 13.4. The zero-order valence-corrected chi connectivity index (χ0v) is 12.4. The second-order valence-electron chi connectivity index (χ2n) is 4.00. The van der Waals surface area contributed by atoms with Crippen LogP contribution in [-0.4, -0.2) is 16.1 Å². The molecular weight excluding hydrogens is 314 g/mol. The van der Waals surface area contributed by atoms with Crippen molar-refractivity contribution in [2.75, 3.05) is 0 Å². The molecule has 2 aromatic carbocycles. The van der Waals surface area contributed by atoms with Crippen LogP contribution in [0.5, 0.6) is 0 Å². The summed E-state index contributed by atoms with van der Waals surface area (Å²) >= 11 is 8.88. The fourth-order valence-corrected chi connectivity index (χ4v) is 4.01. The number of aromatic carboxylic acids is 1. The van der Waals surface area contributed by atoms with Crippen molar-refractivity contribution < 1.29 is 9.90 Å². The molecule has 0 fully saturated rings. The molecule has 0 bridgehead atoms. The van der Waals surface area contributed by atoms with Gasteiger partial charge in [-0.3, -0.25) is 0 Å². The number of thiazole rings is 1. The van der Waals surface area contributed by atoms with Crippen LogP contribution in [0.25, 0.3) is 10.2 Å². The first-order valence-corrected chi connectivity index (χ1v) is 7.71. The molecule has 0 aliphatic carbocycles. The highest BCUT2D eigenvalue weighted by molar-refractivity contribution is 8.01. The maximum Gasteiger partial charge on any atom is 0.337 e. The molecule has 6 heteroatoms. The van der Waals surface area contributed by atoms with Gasteiger partial charge in [0.2, 0.25) is 0 Å². The van der Waals surface area contributed by atoms with Gasteiger partial charge in [-0.05, 0) is 30.3 Å². The number of benzene rings is 2. The number of hydrogen-bond donors (Lipinski definition) is 1. The van der Waals surface area contributed by atoms with Gasteiger partial charge in [-0.25, -0.2) is 9.78 Å². The van der Waals surface area contributed by atoms with Crippen molar-refractivity contribution >= 4 is 50.9 Å². The van der Waals surface area contributed by atoms with E-state index in [9.17, 15) is 4.79 Å². The lowest BCUT2D eigenvalue weighted by Crippen LogP contribution is -1.97. The summed E-state index contributed by atoms with van der Waals surface area (Å²) in [5, 5.41) is 9.31. The molecule has 20 heavy (non-hydrogen) atoms. The van der Waals surface area contributed by atoms with Gasteiger partial charge in [0, 0.05) is 4.90 Å². The summed E-state index contributed by atoms with van der Waals surface area (Å²) in [5.41, 5.74) is 1.06. The molecule has 3 aromatic rings. The third-order valence-corrected chi connectivity index (χ3v) is 5.06. The zero-order chi connectivity index (χ0) is 14.1. The molecule has 0 unspecified atom stereocenters. The number of hydrogen-bond acceptors (Lipinski definition) is 4. The van der Waals surface area contributed by atoms with Crippen LogP contribution < -0.4 is 0 Å². The Kier molecular flexibility index (Phi) is 3.65. The van der Waals surface area contributed by atoms with Gasteiger partial charge in [-0.1, -0.05) is 35.5 Å². The lowest BCUT2D eigenvalue weighted by Gasteiger charge is -2.02. The Morgan fingerprint density at radius 1 is 1.25 bits per heavy atom. The van der Waals surface area contributed by atoms with E-state index in [1.165, 1.54) is 11.8 Å². The Morgan fingerprint density at radius 3 is 2.80 bits per heavy atom. The third-order valence-electron chi connectivity index (χ3n) is 2.65. The molecule has 1 heterocycles. The fraction of sp³-hybridized carbons (Fsp3) is 0. The van der Waals surface area contributed by atoms with E-state index in [2.05, 4.69) is 4.98 Å². The van der Waals surface area contributed by atoms with Crippen LogP contribution >= 0.6 is 34.7 Å². The molecule has 0 radical (unpaired) electrons. The minimum absolute atomic E-state index is 0.109. The minimum atomic E-state index is -1.03. The van der Waals surface area contributed by atoms with Crippen LogP contribution in [0.3, 0.4) is 0 Å². The molecule has 0 aliphatic heterocycles. The number of carboxylic acid groups (broad SMARTS) is 1. The second kappa shape index (κ2) is 5.44. The van der Waals surface area contributed by atoms with Crippen molar-refractivity contribution in [2.24, 2.45) is 0 Å². The van der Waals surface area contributed by atoms with Crippen molar-refractivity contribution in [3.8, 4) is 0 Å². The van der Waals surface area contributed by atoms with E-state index in [0.29, 0.717) is 0 Å². The van der Waals surface area contributed by atoms with Crippen molar-refractivity contribution in [1.29, 1.82) is 0 Å². The summed E-state index contributed by atoms with van der Waals surface area (Å²) < 4.78 is 1.99. The van der Waals surface area contributed by atoms with E-state index in [4.69, 9.17) is 16.7 Å². The molecule has 0 saturated carbocycles. The van der Waals surface area contributed by atoms with Crippen molar-refractivity contribution in [2.45, 2.75) is 9.24 Å². The van der Waals surface area contributed by atoms with Crippen LogP contribution in [0.2, 0.25) is 5.02 Å². The molecule has 0 spiro atoms. The van der Waals surface area contributed by atoms with Crippen molar-refractivity contribution in [1.82, 2.24) is 4.98 Å². The Hall–Kier alpha value is -1.56. The summed E-state index contributed by atoms with van der Waals surface area (Å²) in [4.78, 5) is 16.4. The highest BCUT2D eigenvalue weighted by Crippen LogP contribution is 2.35. The van der Waals surface area contributed by atoms with Gasteiger partial charge in [0.25, 0.3) is 0 Å². The number of aromatic nitrogens is 1. The molecule has 0 saturated heterocycles. The molecule has 1 aromatic heterocycles. The number of nitrogens with zero attached hydrogens (tertiary/aromatic N) is 1. The van der Waals surface area contributed by atoms with E-state index in [1.807, 2.05) is 24.3 Å². The maximum absolute atomic E-state index is 11.1. The number of halogens is 1. The molecule has 100 valence electrons. The van der Waals surface area contributed by atoms with Crippen LogP contribution in [0.15, 0.2) is 51.7 Å². The number of carbonyl (C=O) groups is 1. The molecule has 1 N–H and O–H groups in total. The molecule has 3 rings (SSSR count). The van der Waals surface area contributed by atoms with Gasteiger partial charge in [-0.2, -0.15) is 0 Å². The normalized spacial score (nSPS) is 10.8. The Bertz CT molecular complexity index is 768. The van der Waals surface area contributed by atoms with E-state index >= 15 is 0 Å². The number of fused-ring (bicyclic) bond motifs is 1. The highest BCUT2D eigenvalue weighted by atomic mass is 35.5. The first-order chi connectivity index (χ1) is 9.63. The molecular formula is C14H8ClNO2S2. The molecule has 0 atom stereocenters. The van der Waals surface area contributed by atoms with Crippen molar-refractivity contribution in [3.05, 3.63) is 53.1 Å². The number of rotatable bonds is 3. The van der Waals surface area contributed by atoms with Gasteiger partial charge in [0.15, 0.2) is 4.34 Å². The Labute approximate surface area is 128 Å². The lowest BCUT2D eigenvalue weighted by atomic mass is 10.2. The summed E-state index contributed by atoms with van der Waals surface area (Å²) in [5.74, 6) is -1.03. The van der Waals surface area contributed by atoms with Crippen LogP contribution in [0.1, 0.15) is 10.4 Å². The van der Waals surface area contributed by atoms with E-state index < -0.39 is 5.97 Å². The Balaban J connectivity index is 1.94. The van der Waals surface area contributed by atoms with Gasteiger partial charge < -0.3 is 5.11 Å². The van der Waals surface area contributed by atoms with Gasteiger partial charge in [0.05, 0.1) is 20.8 Å². The number of para-hydroxylation sites is 1. The molecule has 0 amide bonds. The maximum atomic E-state index is 11.1. The predicted molar refractivity (Wildman–Crippen MR) is 82.2 cm³/mol. The van der Waals surface area contributed by atoms with Gasteiger partial charge in [0.1, 0.15) is 0 Å². The minimum Gasteiger partial charge on any atom is -0.478 e. The first-order valence-electron chi connectivity index (χ1n) is 5.70. The van der Waals surface area contributed by atoms with E-state index in [-0.39, 0.29) is 10.6 Å². The fourth-order valence-electron chi connectivity index (χ4n) is 1.73. The standard InChI is InChI=1S/C14H8ClNO2S2/c15-10-6-5-8(7-9(10)13(17)18)19-14-16-11-3-1-2-4-12(11)20-14/h1-7H,(H,17,18). The van der Waals surface area contributed by atoms with E-state index in [0.717, 1.165) is 19.5 Å². The number of carboxylic acids is 1. The summed E-state index contributed by atoms with van der Waals surface area (Å²) in [7, 11) is 0. The monoisotopic (exact) mass is 321 g/mol. The largest absolute Gasteiger partial charge is 0.478 e. The quantitative estimate of drug-likeness (QED) is 0.753. The Morgan fingerprint density at radius 2 is 2.05 bits per heavy atom. The van der Waals surface area contributed by atoms with E-state index in [1.54, 1.807) is 29.5 Å². The third kappa shape index (κ3) is 2.65. The van der Waals surface area contributed by atoms with Gasteiger partial charge in [-0.15, -0.1) is 11.3 Å². The van der Waals surface area contributed by atoms with Crippen molar-refractivity contribution in [3.63, 3.8) is 0 Å². The predicted octanol–water partition coefficient (Wildman–Crippen LogP) is 4.80. The lowest BCUT2D eigenvalue weighted by molar-refractivity contribution is 0.0697. The smallest absolute Gasteiger partial charge is 0.337 e. The summed E-state index contributed by atoms with van der Waals surface area (Å²) in [6.07, 6.45) is 0. The summed E-state index contributed by atoms with van der Waals surface area (Å²) in [6.45, 7) is 0. The van der Waals surface area contributed by atoms with Crippen LogP contribution in [-0.2, 0) is 0 Å². The summed E-state index contributed by atoms with van der Waals surface area (Å²) in [6, 6.07) is 12.9. The average molecular weight is 322 g/mol. The topological polar surface area (TPSA) is 50.2 Å². The molecule has 3 nitrogen and oxygen atoms in total. The highest BCUT2D eigenvalue weighted by Gasteiger charge is 2.11. The SMILES string of the molecule is O=C(O)c1cc(Sc2nc3ccccc3s2)ccc1Cl. The van der Waals surface area contributed by atoms with Crippen LogP contribution in [0.4, 0.5) is 0 Å². The zero-order valence-electron chi connectivity index (χ0n) is 10.0. The second-order valence-corrected chi connectivity index (χ2v) is 6.75. The van der Waals surface area contributed by atoms with Crippen LogP contribution in [0, 0.1) is 0 Å². The average Bonchev–Trinajstić information content (AvgIpc) is 2.82.